The van der Waals surface area contributed by atoms with Gasteiger partial charge >= 0.3 is 0 Å². The second kappa shape index (κ2) is 7.45. The topological polar surface area (TPSA) is 110 Å². The number of hydrogen-bond acceptors (Lipinski definition) is 6. The zero-order chi connectivity index (χ0) is 20.6. The largest absolute Gasteiger partial charge is 0.455 e. The van der Waals surface area contributed by atoms with Crippen molar-refractivity contribution in [2.24, 2.45) is 7.05 Å². The predicted molar refractivity (Wildman–Crippen MR) is 106 cm³/mol. The first-order valence-electron chi connectivity index (χ1n) is 9.22. The number of hydrogen-bond donors (Lipinski definition) is 1. The van der Waals surface area contributed by atoms with Gasteiger partial charge in [0, 0.05) is 37.5 Å². The first-order chi connectivity index (χ1) is 13.9. The summed E-state index contributed by atoms with van der Waals surface area (Å²) in [4.78, 5) is 12.7. The summed E-state index contributed by atoms with van der Waals surface area (Å²) in [5.41, 5.74) is 1.32. The zero-order valence-electron chi connectivity index (χ0n) is 16.1. The number of furan rings is 1. The van der Waals surface area contributed by atoms with E-state index in [1.807, 2.05) is 13.1 Å². The maximum absolute atomic E-state index is 12.8. The van der Waals surface area contributed by atoms with Crippen LogP contribution < -0.4 is 5.32 Å². The summed E-state index contributed by atoms with van der Waals surface area (Å²) in [6.07, 6.45) is 3.27. The molecule has 29 heavy (non-hydrogen) atoms. The van der Waals surface area contributed by atoms with Gasteiger partial charge in [0.1, 0.15) is 17.0 Å². The van der Waals surface area contributed by atoms with Crippen LogP contribution in [0, 0.1) is 6.92 Å². The Hall–Kier alpha value is -2.98. The number of aromatic nitrogens is 3. The fraction of sp³-hybridized carbons (Fsp3) is 0.316. The highest BCUT2D eigenvalue weighted by atomic mass is 32.2. The van der Waals surface area contributed by atoms with Crippen LogP contribution in [0.3, 0.4) is 0 Å². The van der Waals surface area contributed by atoms with Crippen molar-refractivity contribution in [2.45, 2.75) is 24.7 Å². The molecule has 1 amide bonds. The maximum atomic E-state index is 12.8. The zero-order valence-corrected chi connectivity index (χ0v) is 16.9. The third-order valence-electron chi connectivity index (χ3n) is 4.87. The number of amides is 1. The van der Waals surface area contributed by atoms with Gasteiger partial charge in [0.2, 0.25) is 10.0 Å². The first kappa shape index (κ1) is 19.3. The van der Waals surface area contributed by atoms with Gasteiger partial charge < -0.3 is 14.3 Å². The number of benzene rings is 1. The highest BCUT2D eigenvalue weighted by Gasteiger charge is 2.31. The summed E-state index contributed by atoms with van der Waals surface area (Å²) in [7, 11) is -1.83. The normalized spacial score (nSPS) is 15.0. The molecule has 0 saturated carbocycles. The van der Waals surface area contributed by atoms with E-state index in [0.29, 0.717) is 24.6 Å². The third-order valence-corrected chi connectivity index (χ3v) is 6.88. The van der Waals surface area contributed by atoms with Crippen molar-refractivity contribution in [1.82, 2.24) is 19.1 Å². The van der Waals surface area contributed by atoms with Crippen LogP contribution in [0.15, 0.2) is 46.0 Å². The predicted octanol–water partition coefficient (Wildman–Crippen LogP) is 2.42. The fourth-order valence-electron chi connectivity index (χ4n) is 3.37. The SMILES string of the molecule is Cc1oc(C(=O)Nc2cccc(-c3nncn3C)c2)cc1S(=O)(=O)N1CCCC1. The van der Waals surface area contributed by atoms with Crippen LogP contribution in [0.1, 0.15) is 29.2 Å². The van der Waals surface area contributed by atoms with Crippen LogP contribution >= 0.6 is 0 Å². The average molecular weight is 415 g/mol. The highest BCUT2D eigenvalue weighted by Crippen LogP contribution is 2.27. The number of sulfonamides is 1. The second-order valence-corrected chi connectivity index (χ2v) is 8.85. The molecule has 0 bridgehead atoms. The number of carbonyl (C=O) groups is 1. The van der Waals surface area contributed by atoms with E-state index in [2.05, 4.69) is 15.5 Å². The van der Waals surface area contributed by atoms with Crippen molar-refractivity contribution in [1.29, 1.82) is 0 Å². The van der Waals surface area contributed by atoms with Crippen LogP contribution in [0.4, 0.5) is 5.69 Å². The molecule has 0 radical (unpaired) electrons. The molecule has 1 N–H and O–H groups in total. The molecule has 0 atom stereocenters. The van der Waals surface area contributed by atoms with Crippen molar-refractivity contribution >= 4 is 21.6 Å². The van der Waals surface area contributed by atoms with Crippen LogP contribution in [0.5, 0.6) is 0 Å². The Morgan fingerprint density at radius 2 is 1.97 bits per heavy atom. The van der Waals surface area contributed by atoms with Crippen LogP contribution in [0.25, 0.3) is 11.4 Å². The van der Waals surface area contributed by atoms with Crippen LogP contribution in [-0.2, 0) is 17.1 Å². The maximum Gasteiger partial charge on any atom is 0.291 e. The molecule has 1 aliphatic heterocycles. The van der Waals surface area contributed by atoms with Gasteiger partial charge in [-0.15, -0.1) is 10.2 Å². The summed E-state index contributed by atoms with van der Waals surface area (Å²) < 4.78 is 34.2. The van der Waals surface area contributed by atoms with E-state index in [1.54, 1.807) is 36.0 Å². The smallest absolute Gasteiger partial charge is 0.291 e. The quantitative estimate of drug-likeness (QED) is 0.685. The lowest BCUT2D eigenvalue weighted by Gasteiger charge is -2.14. The second-order valence-electron chi connectivity index (χ2n) is 6.94. The van der Waals surface area contributed by atoms with E-state index >= 15 is 0 Å². The van der Waals surface area contributed by atoms with Gasteiger partial charge in [-0.2, -0.15) is 4.31 Å². The lowest BCUT2D eigenvalue weighted by Crippen LogP contribution is -2.28. The Labute approximate surface area is 168 Å². The third kappa shape index (κ3) is 3.68. The summed E-state index contributed by atoms with van der Waals surface area (Å²) in [6, 6.07) is 8.44. The number of rotatable bonds is 5. The number of nitrogens with one attached hydrogen (secondary N) is 1. The standard InChI is InChI=1S/C19H21N5O4S/c1-13-17(29(26,27)24-8-3-4-9-24)11-16(28-13)19(25)21-15-7-5-6-14(10-15)18-22-20-12-23(18)2/h5-7,10-12H,3-4,8-9H2,1-2H3,(H,21,25). The Bertz CT molecular complexity index is 1160. The van der Waals surface area contributed by atoms with Gasteiger partial charge in [-0.3, -0.25) is 4.79 Å². The summed E-state index contributed by atoms with van der Waals surface area (Å²) in [5.74, 6) is 0.291. The van der Waals surface area contributed by atoms with Gasteiger partial charge in [0.05, 0.1) is 0 Å². The van der Waals surface area contributed by atoms with Crippen LogP contribution in [0.2, 0.25) is 0 Å². The van der Waals surface area contributed by atoms with Crippen molar-refractivity contribution < 1.29 is 17.6 Å². The van der Waals surface area contributed by atoms with Crippen LogP contribution in [-0.4, -0.2) is 46.5 Å². The molecule has 0 spiro atoms. The van der Waals surface area contributed by atoms with E-state index in [1.165, 1.54) is 10.4 Å². The Kier molecular flexibility index (Phi) is 4.97. The van der Waals surface area contributed by atoms with Crippen molar-refractivity contribution in [2.75, 3.05) is 18.4 Å². The van der Waals surface area contributed by atoms with E-state index in [9.17, 15) is 13.2 Å². The molecule has 10 heteroatoms. The molecule has 1 saturated heterocycles. The van der Waals surface area contributed by atoms with Gasteiger partial charge in [0.15, 0.2) is 11.6 Å². The van der Waals surface area contributed by atoms with E-state index < -0.39 is 15.9 Å². The molecule has 1 aliphatic rings. The number of aryl methyl sites for hydroxylation is 2. The van der Waals surface area contributed by atoms with Gasteiger partial charge in [0.25, 0.3) is 5.91 Å². The van der Waals surface area contributed by atoms with Crippen molar-refractivity contribution in [3.8, 4) is 11.4 Å². The monoisotopic (exact) mass is 415 g/mol. The molecule has 1 fully saturated rings. The minimum Gasteiger partial charge on any atom is -0.455 e. The molecule has 0 unspecified atom stereocenters. The van der Waals surface area contributed by atoms with E-state index in [-0.39, 0.29) is 16.4 Å². The molecular weight excluding hydrogens is 394 g/mol. The highest BCUT2D eigenvalue weighted by molar-refractivity contribution is 7.89. The number of carbonyl (C=O) groups excluding carboxylic acids is 1. The summed E-state index contributed by atoms with van der Waals surface area (Å²) in [6.45, 7) is 2.53. The molecule has 1 aromatic carbocycles. The minimum absolute atomic E-state index is 0.0392. The summed E-state index contributed by atoms with van der Waals surface area (Å²) in [5, 5.41) is 10.7. The van der Waals surface area contributed by atoms with Crippen molar-refractivity contribution in [3.05, 3.63) is 48.2 Å². The molecular formula is C19H21N5O4S. The molecule has 9 nitrogen and oxygen atoms in total. The molecule has 3 aromatic rings. The van der Waals surface area contributed by atoms with E-state index in [4.69, 9.17) is 4.42 Å². The number of nitrogens with zero attached hydrogens (tertiary/aromatic N) is 4. The number of anilines is 1. The Morgan fingerprint density at radius 3 is 2.66 bits per heavy atom. The van der Waals surface area contributed by atoms with Gasteiger partial charge in [-0.1, -0.05) is 12.1 Å². The molecule has 152 valence electrons. The lowest BCUT2D eigenvalue weighted by atomic mass is 10.2. The van der Waals surface area contributed by atoms with Gasteiger partial charge in [-0.25, -0.2) is 8.42 Å². The lowest BCUT2D eigenvalue weighted by molar-refractivity contribution is 0.0995. The average Bonchev–Trinajstić information content (AvgIpc) is 3.42. The summed E-state index contributed by atoms with van der Waals surface area (Å²) >= 11 is 0. The molecule has 4 rings (SSSR count). The van der Waals surface area contributed by atoms with Gasteiger partial charge in [-0.05, 0) is 31.9 Å². The molecule has 3 heterocycles. The molecule has 2 aromatic heterocycles. The molecule has 0 aliphatic carbocycles. The first-order valence-corrected chi connectivity index (χ1v) is 10.7. The Morgan fingerprint density at radius 1 is 1.21 bits per heavy atom. The fourth-order valence-corrected chi connectivity index (χ4v) is 5.05. The minimum atomic E-state index is -3.65. The van der Waals surface area contributed by atoms with E-state index in [0.717, 1.165) is 18.4 Å². The Balaban J connectivity index is 1.56. The van der Waals surface area contributed by atoms with Crippen molar-refractivity contribution in [3.63, 3.8) is 0 Å².